The normalized spacial score (nSPS) is 10.3. The molecule has 0 saturated heterocycles. The van der Waals surface area contributed by atoms with E-state index >= 15 is 0 Å². The summed E-state index contributed by atoms with van der Waals surface area (Å²) in [5.74, 6) is 0.0509. The van der Waals surface area contributed by atoms with Crippen molar-refractivity contribution >= 4 is 37.6 Å². The molecule has 0 heterocycles. The number of aryl methyl sites for hydroxylation is 1. The minimum absolute atomic E-state index is 0.0509. The van der Waals surface area contributed by atoms with Crippen LogP contribution in [0.3, 0.4) is 0 Å². The number of hydrogen-bond acceptors (Lipinski definition) is 1. The number of ketones is 1. The fourth-order valence-electron chi connectivity index (χ4n) is 0.844. The van der Waals surface area contributed by atoms with Gasteiger partial charge in [-0.25, -0.2) is 0 Å². The smallest absolute Gasteiger partial charge is 0.187 e. The van der Waals surface area contributed by atoms with Gasteiger partial charge in [0, 0.05) is 5.56 Å². The number of carbonyl (C=O) groups excluding carboxylic acids is 1. The highest BCUT2D eigenvalue weighted by atomic mass is 79.9. The van der Waals surface area contributed by atoms with Crippen LogP contribution in [0.1, 0.15) is 15.9 Å². The van der Waals surface area contributed by atoms with Gasteiger partial charge in [0.1, 0.15) is 3.74 Å². The van der Waals surface area contributed by atoms with Crippen molar-refractivity contribution in [1.82, 2.24) is 0 Å². The number of benzene rings is 1. The lowest BCUT2D eigenvalue weighted by atomic mass is 10.1. The van der Waals surface area contributed by atoms with E-state index in [4.69, 9.17) is 0 Å². The van der Waals surface area contributed by atoms with Gasteiger partial charge in [-0.3, -0.25) is 4.79 Å². The van der Waals surface area contributed by atoms with Gasteiger partial charge in [0.15, 0.2) is 5.78 Å². The van der Waals surface area contributed by atoms with Crippen molar-refractivity contribution in [1.29, 1.82) is 0 Å². The second kappa shape index (κ2) is 4.19. The van der Waals surface area contributed by atoms with Crippen LogP contribution in [0, 0.1) is 6.92 Å². The Balaban J connectivity index is 2.90. The van der Waals surface area contributed by atoms with Gasteiger partial charge in [0.25, 0.3) is 0 Å². The SMILES string of the molecule is Cc1ccc(C(=O)C(Br)Br)cc1. The van der Waals surface area contributed by atoms with E-state index in [1.165, 1.54) is 0 Å². The quantitative estimate of drug-likeness (QED) is 0.604. The molecule has 1 nitrogen and oxygen atoms in total. The molecule has 1 aromatic rings. The highest BCUT2D eigenvalue weighted by Crippen LogP contribution is 2.15. The van der Waals surface area contributed by atoms with Gasteiger partial charge >= 0.3 is 0 Å². The molecule has 3 heteroatoms. The van der Waals surface area contributed by atoms with Gasteiger partial charge in [0.2, 0.25) is 0 Å². The number of rotatable bonds is 2. The minimum atomic E-state index is -0.285. The molecule has 64 valence electrons. The van der Waals surface area contributed by atoms with E-state index < -0.39 is 0 Å². The van der Waals surface area contributed by atoms with Gasteiger partial charge in [-0.2, -0.15) is 0 Å². The van der Waals surface area contributed by atoms with Gasteiger partial charge in [-0.15, -0.1) is 0 Å². The molecule has 0 aliphatic carbocycles. The summed E-state index contributed by atoms with van der Waals surface area (Å²) < 4.78 is -0.285. The fraction of sp³-hybridized carbons (Fsp3) is 0.222. The summed E-state index contributed by atoms with van der Waals surface area (Å²) in [6.07, 6.45) is 0. The van der Waals surface area contributed by atoms with Crippen molar-refractivity contribution in [3.8, 4) is 0 Å². The van der Waals surface area contributed by atoms with Gasteiger partial charge in [0.05, 0.1) is 0 Å². The highest BCUT2D eigenvalue weighted by Gasteiger charge is 2.12. The van der Waals surface area contributed by atoms with Crippen LogP contribution < -0.4 is 0 Å². The molecule has 0 unspecified atom stereocenters. The Bertz CT molecular complexity index is 277. The molecule has 0 N–H and O–H groups in total. The zero-order chi connectivity index (χ0) is 9.14. The molecule has 12 heavy (non-hydrogen) atoms. The van der Waals surface area contributed by atoms with Crippen LogP contribution in [0.4, 0.5) is 0 Å². The molecule has 0 atom stereocenters. The molecule has 0 aromatic heterocycles. The Labute approximate surface area is 88.4 Å². The Morgan fingerprint density at radius 3 is 2.17 bits per heavy atom. The summed E-state index contributed by atoms with van der Waals surface area (Å²) in [5, 5.41) is 0. The van der Waals surface area contributed by atoms with Gasteiger partial charge in [-0.1, -0.05) is 61.7 Å². The Morgan fingerprint density at radius 2 is 1.75 bits per heavy atom. The fourth-order valence-corrected chi connectivity index (χ4v) is 1.37. The van der Waals surface area contributed by atoms with Crippen LogP contribution in [0.25, 0.3) is 0 Å². The van der Waals surface area contributed by atoms with E-state index in [1.54, 1.807) is 0 Å². The molecule has 0 amide bonds. The third kappa shape index (κ3) is 2.42. The first-order valence-corrected chi connectivity index (χ1v) is 5.33. The third-order valence-corrected chi connectivity index (χ3v) is 2.37. The topological polar surface area (TPSA) is 17.1 Å². The number of halogens is 2. The number of alkyl halides is 2. The molecule has 0 aliphatic rings. The van der Waals surface area contributed by atoms with E-state index in [2.05, 4.69) is 31.9 Å². The predicted molar refractivity (Wildman–Crippen MR) is 57.2 cm³/mol. The van der Waals surface area contributed by atoms with Crippen LogP contribution in [0.15, 0.2) is 24.3 Å². The maximum atomic E-state index is 11.4. The lowest BCUT2D eigenvalue weighted by Crippen LogP contribution is -2.06. The second-order valence-electron chi connectivity index (χ2n) is 2.53. The largest absolute Gasteiger partial charge is 0.292 e. The van der Waals surface area contributed by atoms with Crippen LogP contribution >= 0.6 is 31.9 Å². The molecule has 0 fully saturated rings. The first kappa shape index (κ1) is 9.93. The van der Waals surface area contributed by atoms with E-state index in [1.807, 2.05) is 31.2 Å². The first-order chi connectivity index (χ1) is 5.61. The van der Waals surface area contributed by atoms with Crippen molar-refractivity contribution < 1.29 is 4.79 Å². The molecule has 1 aromatic carbocycles. The Hall–Kier alpha value is -0.150. The first-order valence-electron chi connectivity index (χ1n) is 3.50. The summed E-state index contributed by atoms with van der Waals surface area (Å²) in [6.45, 7) is 1.99. The molecule has 0 saturated carbocycles. The molecule has 0 spiro atoms. The lowest BCUT2D eigenvalue weighted by Gasteiger charge is -2.00. The highest BCUT2D eigenvalue weighted by molar-refractivity contribution is 9.25. The Morgan fingerprint density at radius 1 is 1.25 bits per heavy atom. The predicted octanol–water partition coefficient (Wildman–Crippen LogP) is 3.29. The van der Waals surface area contributed by atoms with Gasteiger partial charge in [-0.05, 0) is 6.92 Å². The van der Waals surface area contributed by atoms with Crippen molar-refractivity contribution in [2.75, 3.05) is 0 Å². The number of carbonyl (C=O) groups is 1. The average molecular weight is 292 g/mol. The maximum absolute atomic E-state index is 11.4. The minimum Gasteiger partial charge on any atom is -0.292 e. The van der Waals surface area contributed by atoms with E-state index in [-0.39, 0.29) is 9.52 Å². The van der Waals surface area contributed by atoms with Crippen LogP contribution in [-0.2, 0) is 0 Å². The van der Waals surface area contributed by atoms with Crippen LogP contribution in [0.5, 0.6) is 0 Å². The standard InChI is InChI=1S/C9H8Br2O/c1-6-2-4-7(5-3-6)8(12)9(10)11/h2-5,9H,1H3. The summed E-state index contributed by atoms with van der Waals surface area (Å²) in [7, 11) is 0. The summed E-state index contributed by atoms with van der Waals surface area (Å²) in [6, 6.07) is 7.51. The van der Waals surface area contributed by atoms with Gasteiger partial charge < -0.3 is 0 Å². The second-order valence-corrected chi connectivity index (χ2v) is 5.59. The van der Waals surface area contributed by atoms with Crippen LogP contribution in [0.2, 0.25) is 0 Å². The zero-order valence-electron chi connectivity index (χ0n) is 6.55. The molecular formula is C9H8Br2O. The molecular weight excluding hydrogens is 284 g/mol. The monoisotopic (exact) mass is 290 g/mol. The maximum Gasteiger partial charge on any atom is 0.187 e. The summed E-state index contributed by atoms with van der Waals surface area (Å²) in [4.78, 5) is 11.4. The number of Topliss-reactive ketones (excluding diaryl/α,β-unsaturated/α-hetero) is 1. The molecule has 0 bridgehead atoms. The summed E-state index contributed by atoms with van der Waals surface area (Å²) >= 11 is 6.32. The third-order valence-electron chi connectivity index (χ3n) is 1.53. The molecule has 1 rings (SSSR count). The van der Waals surface area contributed by atoms with E-state index in [0.29, 0.717) is 0 Å². The van der Waals surface area contributed by atoms with E-state index in [9.17, 15) is 4.79 Å². The van der Waals surface area contributed by atoms with Crippen molar-refractivity contribution in [3.05, 3.63) is 35.4 Å². The molecule has 0 aliphatic heterocycles. The zero-order valence-corrected chi connectivity index (χ0v) is 9.72. The summed E-state index contributed by atoms with van der Waals surface area (Å²) in [5.41, 5.74) is 1.88. The van der Waals surface area contributed by atoms with Crippen molar-refractivity contribution in [2.45, 2.75) is 10.7 Å². The van der Waals surface area contributed by atoms with Crippen molar-refractivity contribution in [3.63, 3.8) is 0 Å². The Kier molecular flexibility index (Phi) is 3.47. The average Bonchev–Trinajstić information content (AvgIpc) is 2.04. The van der Waals surface area contributed by atoms with Crippen molar-refractivity contribution in [2.24, 2.45) is 0 Å². The van der Waals surface area contributed by atoms with E-state index in [0.717, 1.165) is 11.1 Å². The van der Waals surface area contributed by atoms with Crippen LogP contribution in [-0.4, -0.2) is 9.52 Å². The number of hydrogen-bond donors (Lipinski definition) is 0. The molecule has 0 radical (unpaired) electrons. The lowest BCUT2D eigenvalue weighted by molar-refractivity contribution is 0.101.